The average molecular weight is 469 g/mol. The lowest BCUT2D eigenvalue weighted by molar-refractivity contribution is -0.117. The van der Waals surface area contributed by atoms with E-state index in [1.165, 1.54) is 4.57 Å². The summed E-state index contributed by atoms with van der Waals surface area (Å²) in [6.45, 7) is 7.04. The monoisotopic (exact) mass is 468 g/mol. The molecule has 1 fully saturated rings. The minimum absolute atomic E-state index is 0.0252. The van der Waals surface area contributed by atoms with Crippen LogP contribution in [0.5, 0.6) is 0 Å². The summed E-state index contributed by atoms with van der Waals surface area (Å²) in [6, 6.07) is 5.12. The Kier molecular flexibility index (Phi) is 8.50. The van der Waals surface area contributed by atoms with E-state index in [4.69, 9.17) is 0 Å². The Hall–Kier alpha value is -3.13. The number of aliphatic hydroxyl groups is 1. The van der Waals surface area contributed by atoms with Gasteiger partial charge in [-0.05, 0) is 43.9 Å². The lowest BCUT2D eigenvalue weighted by Crippen LogP contribution is -2.24. The Bertz CT molecular complexity index is 1220. The van der Waals surface area contributed by atoms with E-state index in [1.54, 1.807) is 30.6 Å². The zero-order chi connectivity index (χ0) is 24.8. The third-order valence-electron chi connectivity index (χ3n) is 5.81. The second kappa shape index (κ2) is 11.3. The second-order valence-electron chi connectivity index (χ2n) is 8.32. The molecule has 34 heavy (non-hydrogen) atoms. The van der Waals surface area contributed by atoms with Crippen molar-refractivity contribution in [2.24, 2.45) is 5.92 Å². The molecule has 0 aliphatic heterocycles. The fourth-order valence-electron chi connectivity index (χ4n) is 3.88. The summed E-state index contributed by atoms with van der Waals surface area (Å²) in [4.78, 5) is 34.1. The zero-order valence-corrected chi connectivity index (χ0v) is 20.3. The van der Waals surface area contributed by atoms with Crippen molar-refractivity contribution in [3.8, 4) is 11.1 Å². The lowest BCUT2D eigenvalue weighted by atomic mass is 10.00. The van der Waals surface area contributed by atoms with Gasteiger partial charge in [0.2, 0.25) is 5.91 Å². The first-order valence-electron chi connectivity index (χ1n) is 12.0. The minimum Gasteiger partial charge on any atom is -0.387 e. The number of carbonyl (C=O) groups excluding carboxylic acids is 1. The maximum absolute atomic E-state index is 13.4. The van der Waals surface area contributed by atoms with Gasteiger partial charge < -0.3 is 15.0 Å². The summed E-state index contributed by atoms with van der Waals surface area (Å²) in [5.41, 5.74) is 2.56. The van der Waals surface area contributed by atoms with Gasteiger partial charge in [0, 0.05) is 40.9 Å². The van der Waals surface area contributed by atoms with Crippen LogP contribution in [0.1, 0.15) is 63.8 Å². The van der Waals surface area contributed by atoms with Gasteiger partial charge in [0.05, 0.1) is 23.9 Å². The molecule has 0 radical (unpaired) electrons. The molecular weight excluding hydrogens is 435 g/mol. The van der Waals surface area contributed by atoms with Crippen molar-refractivity contribution in [2.45, 2.75) is 66.0 Å². The van der Waals surface area contributed by atoms with E-state index in [0.29, 0.717) is 40.0 Å². The number of fused-ring (bicyclic) bond motifs is 1. The van der Waals surface area contributed by atoms with Crippen LogP contribution in [0.4, 0.5) is 10.2 Å². The summed E-state index contributed by atoms with van der Waals surface area (Å²) < 4.78 is 14.7. The molecule has 3 heterocycles. The van der Waals surface area contributed by atoms with E-state index in [0.717, 1.165) is 24.8 Å². The van der Waals surface area contributed by atoms with Crippen LogP contribution < -0.4 is 10.9 Å². The highest BCUT2D eigenvalue weighted by Gasteiger charge is 2.30. The van der Waals surface area contributed by atoms with Gasteiger partial charge in [0.1, 0.15) is 12.5 Å². The van der Waals surface area contributed by atoms with Crippen LogP contribution in [0, 0.1) is 12.8 Å². The molecule has 0 bridgehead atoms. The van der Waals surface area contributed by atoms with E-state index in [9.17, 15) is 19.1 Å². The number of hydrogen-bond acceptors (Lipinski definition) is 5. The SMILES string of the molecule is CC.CCCC(O)c1cc(C)c(-c2cc3cnc(NC(=O)C4CC4)cc3n(CCF)c2=O)cn1. The van der Waals surface area contributed by atoms with E-state index < -0.39 is 12.8 Å². The molecular formula is C26H33FN4O3. The summed E-state index contributed by atoms with van der Waals surface area (Å²) in [6.07, 6.45) is 5.70. The van der Waals surface area contributed by atoms with Crippen LogP contribution in [0.15, 0.2) is 35.4 Å². The van der Waals surface area contributed by atoms with Gasteiger partial charge in [-0.1, -0.05) is 27.2 Å². The zero-order valence-electron chi connectivity index (χ0n) is 20.3. The van der Waals surface area contributed by atoms with E-state index in [-0.39, 0.29) is 23.9 Å². The van der Waals surface area contributed by atoms with Gasteiger partial charge >= 0.3 is 0 Å². The van der Waals surface area contributed by atoms with Gasteiger partial charge in [-0.25, -0.2) is 9.37 Å². The number of anilines is 1. The Labute approximate surface area is 199 Å². The van der Waals surface area contributed by atoms with Crippen LogP contribution in [0.3, 0.4) is 0 Å². The summed E-state index contributed by atoms with van der Waals surface area (Å²) in [5.74, 6) is 0.290. The Balaban J connectivity index is 0.00000158. The van der Waals surface area contributed by atoms with Crippen LogP contribution in [0.25, 0.3) is 22.0 Å². The quantitative estimate of drug-likeness (QED) is 0.488. The van der Waals surface area contributed by atoms with Gasteiger partial charge in [-0.3, -0.25) is 14.6 Å². The Morgan fingerprint density at radius 2 is 1.94 bits per heavy atom. The highest BCUT2D eigenvalue weighted by Crippen LogP contribution is 2.31. The molecule has 0 saturated heterocycles. The van der Waals surface area contributed by atoms with Crippen molar-refractivity contribution in [1.29, 1.82) is 0 Å². The number of amides is 1. The maximum Gasteiger partial charge on any atom is 0.259 e. The number of nitrogens with one attached hydrogen (secondary N) is 1. The molecule has 1 unspecified atom stereocenters. The predicted molar refractivity (Wildman–Crippen MR) is 133 cm³/mol. The normalized spacial score (nSPS) is 13.8. The lowest BCUT2D eigenvalue weighted by Gasteiger charge is -2.15. The third-order valence-corrected chi connectivity index (χ3v) is 5.81. The van der Waals surface area contributed by atoms with Gasteiger partial charge in [0.25, 0.3) is 5.56 Å². The molecule has 4 rings (SSSR count). The highest BCUT2D eigenvalue weighted by atomic mass is 19.1. The number of pyridine rings is 3. The van der Waals surface area contributed by atoms with Crippen molar-refractivity contribution in [3.05, 3.63) is 52.2 Å². The van der Waals surface area contributed by atoms with Crippen molar-refractivity contribution in [3.63, 3.8) is 0 Å². The summed E-state index contributed by atoms with van der Waals surface area (Å²) in [5, 5.41) is 13.7. The number of hydrogen-bond donors (Lipinski definition) is 2. The number of carbonyl (C=O) groups is 1. The van der Waals surface area contributed by atoms with Gasteiger partial charge in [-0.15, -0.1) is 0 Å². The van der Waals surface area contributed by atoms with Crippen molar-refractivity contribution >= 4 is 22.6 Å². The molecule has 1 aliphatic carbocycles. The molecule has 3 aromatic rings. The Morgan fingerprint density at radius 1 is 1.21 bits per heavy atom. The molecule has 7 nitrogen and oxygen atoms in total. The Morgan fingerprint density at radius 3 is 2.56 bits per heavy atom. The highest BCUT2D eigenvalue weighted by molar-refractivity contribution is 5.95. The molecule has 0 spiro atoms. The standard InChI is InChI=1S/C24H27FN4O3.C2H6/c1-3-4-21(30)19-9-14(2)18(13-26-19)17-10-16-12-27-22(28-23(31)15-5-6-15)11-20(16)29(8-7-25)24(17)32;1-2/h9-13,15,21,30H,3-8H2,1-2H3,(H,27,28,31);1-2H3. The fourth-order valence-corrected chi connectivity index (χ4v) is 3.88. The molecule has 2 N–H and O–H groups in total. The van der Waals surface area contributed by atoms with Gasteiger partial charge in [0.15, 0.2) is 0 Å². The molecule has 8 heteroatoms. The fraction of sp³-hybridized carbons (Fsp3) is 0.462. The van der Waals surface area contributed by atoms with Crippen molar-refractivity contribution in [1.82, 2.24) is 14.5 Å². The number of halogens is 1. The van der Waals surface area contributed by atoms with E-state index in [2.05, 4.69) is 15.3 Å². The van der Waals surface area contributed by atoms with E-state index >= 15 is 0 Å². The molecule has 1 saturated carbocycles. The average Bonchev–Trinajstić information content (AvgIpc) is 3.68. The third kappa shape index (κ3) is 5.50. The van der Waals surface area contributed by atoms with Gasteiger partial charge in [-0.2, -0.15) is 0 Å². The van der Waals surface area contributed by atoms with Crippen LogP contribution in [-0.2, 0) is 11.3 Å². The predicted octanol–water partition coefficient (Wildman–Crippen LogP) is 4.94. The second-order valence-corrected chi connectivity index (χ2v) is 8.32. The summed E-state index contributed by atoms with van der Waals surface area (Å²) in [7, 11) is 0. The first-order valence-corrected chi connectivity index (χ1v) is 12.0. The van der Waals surface area contributed by atoms with Crippen molar-refractivity contribution < 1.29 is 14.3 Å². The minimum atomic E-state index is -0.704. The molecule has 0 aromatic carbocycles. The number of aliphatic hydroxyl groups excluding tert-OH is 1. The van der Waals surface area contributed by atoms with Crippen LogP contribution >= 0.6 is 0 Å². The molecule has 1 atom stereocenters. The number of alkyl halides is 1. The summed E-state index contributed by atoms with van der Waals surface area (Å²) >= 11 is 0. The first-order chi connectivity index (χ1) is 16.4. The van der Waals surface area contributed by atoms with E-state index in [1.807, 2.05) is 27.7 Å². The number of aryl methyl sites for hydroxylation is 2. The molecule has 1 aliphatic rings. The van der Waals surface area contributed by atoms with Crippen molar-refractivity contribution in [2.75, 3.05) is 12.0 Å². The molecule has 182 valence electrons. The molecule has 1 amide bonds. The number of aromatic nitrogens is 3. The van der Waals surface area contributed by atoms with Crippen LogP contribution in [0.2, 0.25) is 0 Å². The number of nitrogens with zero attached hydrogens (tertiary/aromatic N) is 3. The first kappa shape index (κ1) is 25.5. The molecule has 3 aromatic heterocycles. The smallest absolute Gasteiger partial charge is 0.259 e. The topological polar surface area (TPSA) is 97.1 Å². The van der Waals surface area contributed by atoms with Crippen LogP contribution in [-0.4, -0.2) is 32.2 Å². The largest absolute Gasteiger partial charge is 0.387 e. The number of rotatable bonds is 8. The maximum atomic E-state index is 13.4.